The summed E-state index contributed by atoms with van der Waals surface area (Å²) in [7, 11) is 1.67. The molecule has 0 saturated carbocycles. The van der Waals surface area contributed by atoms with Crippen LogP contribution < -0.4 is 20.9 Å². The number of pyridine rings is 1. The van der Waals surface area contributed by atoms with E-state index in [0.717, 1.165) is 42.0 Å². The predicted octanol–water partition coefficient (Wildman–Crippen LogP) is 2.88. The summed E-state index contributed by atoms with van der Waals surface area (Å²) in [6, 6.07) is 6.42. The van der Waals surface area contributed by atoms with Gasteiger partial charge in [0.2, 0.25) is 5.95 Å². The Bertz CT molecular complexity index is 1060. The van der Waals surface area contributed by atoms with E-state index in [1.165, 1.54) is 0 Å². The first-order valence-corrected chi connectivity index (χ1v) is 11.0. The third-order valence-corrected chi connectivity index (χ3v) is 5.47. The Balaban J connectivity index is 1.59. The van der Waals surface area contributed by atoms with E-state index in [0.29, 0.717) is 23.6 Å². The standard InChI is InChI=1S/C22H31N9O/c1-13(2)25-21-20-16(10-17(26-21)15(4)32-5)12-24-22(28-20)27-18-6-7-19(30-29-18)31-9-8-23-11-14(31)3/h6-7,10,12-15,23H,8-9,11H2,1-5H3,(H,25,26)(H,24,27,28,29)/t14-,15?/m0/s1. The van der Waals surface area contributed by atoms with Gasteiger partial charge in [-0.3, -0.25) is 0 Å². The molecule has 1 fully saturated rings. The van der Waals surface area contributed by atoms with Gasteiger partial charge in [0.25, 0.3) is 0 Å². The van der Waals surface area contributed by atoms with Gasteiger partial charge in [0.1, 0.15) is 5.52 Å². The van der Waals surface area contributed by atoms with Crippen molar-refractivity contribution in [3.05, 3.63) is 30.1 Å². The van der Waals surface area contributed by atoms with E-state index in [9.17, 15) is 0 Å². The molecule has 0 amide bonds. The molecule has 3 aromatic rings. The molecule has 0 spiro atoms. The lowest BCUT2D eigenvalue weighted by molar-refractivity contribution is 0.116. The second-order valence-corrected chi connectivity index (χ2v) is 8.35. The number of nitrogens with zero attached hydrogens (tertiary/aromatic N) is 6. The van der Waals surface area contributed by atoms with Gasteiger partial charge in [-0.05, 0) is 45.9 Å². The third-order valence-electron chi connectivity index (χ3n) is 5.47. The summed E-state index contributed by atoms with van der Waals surface area (Å²) in [6.07, 6.45) is 1.66. The summed E-state index contributed by atoms with van der Waals surface area (Å²) in [5.74, 6) is 2.61. The highest BCUT2D eigenvalue weighted by atomic mass is 16.5. The van der Waals surface area contributed by atoms with Crippen LogP contribution in [-0.4, -0.2) is 64.0 Å². The Hall–Kier alpha value is -3.11. The average molecular weight is 438 g/mol. The molecule has 2 atom stereocenters. The minimum absolute atomic E-state index is 0.128. The van der Waals surface area contributed by atoms with Crippen LogP contribution in [-0.2, 0) is 4.74 Å². The number of hydrogen-bond donors (Lipinski definition) is 3. The zero-order chi connectivity index (χ0) is 22.7. The molecule has 10 nitrogen and oxygen atoms in total. The molecule has 3 aromatic heterocycles. The van der Waals surface area contributed by atoms with E-state index in [1.54, 1.807) is 13.3 Å². The lowest BCUT2D eigenvalue weighted by Crippen LogP contribution is -2.50. The van der Waals surface area contributed by atoms with E-state index in [1.807, 2.05) is 25.1 Å². The van der Waals surface area contributed by atoms with Crippen LogP contribution in [0.1, 0.15) is 39.5 Å². The molecule has 3 N–H and O–H groups in total. The van der Waals surface area contributed by atoms with Crippen molar-refractivity contribution < 1.29 is 4.74 Å². The van der Waals surface area contributed by atoms with Crippen molar-refractivity contribution in [1.82, 2.24) is 30.5 Å². The molecule has 0 aromatic carbocycles. The number of rotatable bonds is 7. The molecule has 0 radical (unpaired) electrons. The topological polar surface area (TPSA) is 113 Å². The van der Waals surface area contributed by atoms with Gasteiger partial charge < -0.3 is 25.6 Å². The molecular formula is C22H31N9O. The summed E-state index contributed by atoms with van der Waals surface area (Å²) >= 11 is 0. The quantitative estimate of drug-likeness (QED) is 0.510. The van der Waals surface area contributed by atoms with Crippen molar-refractivity contribution in [2.24, 2.45) is 0 Å². The minimum atomic E-state index is -0.128. The monoisotopic (exact) mass is 437 g/mol. The minimum Gasteiger partial charge on any atom is -0.375 e. The maximum atomic E-state index is 5.44. The number of methoxy groups -OCH3 is 1. The molecule has 4 rings (SSSR count). The van der Waals surface area contributed by atoms with Crippen molar-refractivity contribution in [3.63, 3.8) is 0 Å². The third kappa shape index (κ3) is 4.86. The molecule has 32 heavy (non-hydrogen) atoms. The molecular weight excluding hydrogens is 406 g/mol. The smallest absolute Gasteiger partial charge is 0.229 e. The molecule has 1 aliphatic rings. The van der Waals surface area contributed by atoms with Gasteiger partial charge in [0.05, 0.1) is 11.8 Å². The highest BCUT2D eigenvalue weighted by Crippen LogP contribution is 2.26. The Morgan fingerprint density at radius 3 is 2.72 bits per heavy atom. The van der Waals surface area contributed by atoms with Crippen LogP contribution in [0.2, 0.25) is 0 Å². The maximum absolute atomic E-state index is 5.44. The molecule has 4 heterocycles. The summed E-state index contributed by atoms with van der Waals surface area (Å²) in [5.41, 5.74) is 1.57. The Morgan fingerprint density at radius 1 is 1.19 bits per heavy atom. The van der Waals surface area contributed by atoms with E-state index in [-0.39, 0.29) is 12.1 Å². The van der Waals surface area contributed by atoms with Crippen LogP contribution >= 0.6 is 0 Å². The van der Waals surface area contributed by atoms with Gasteiger partial charge in [-0.15, -0.1) is 10.2 Å². The van der Waals surface area contributed by atoms with Crippen LogP contribution in [0.4, 0.5) is 23.4 Å². The van der Waals surface area contributed by atoms with Crippen LogP contribution in [0.15, 0.2) is 24.4 Å². The Labute approximate surface area is 188 Å². The van der Waals surface area contributed by atoms with Crippen molar-refractivity contribution in [2.75, 3.05) is 42.3 Å². The van der Waals surface area contributed by atoms with Crippen LogP contribution in [0, 0.1) is 0 Å². The first-order valence-electron chi connectivity index (χ1n) is 11.0. The molecule has 10 heteroatoms. The molecule has 170 valence electrons. The number of fused-ring (bicyclic) bond motifs is 1. The number of aromatic nitrogens is 5. The van der Waals surface area contributed by atoms with E-state index >= 15 is 0 Å². The molecule has 0 bridgehead atoms. The van der Waals surface area contributed by atoms with E-state index < -0.39 is 0 Å². The van der Waals surface area contributed by atoms with Gasteiger partial charge in [-0.1, -0.05) is 0 Å². The van der Waals surface area contributed by atoms with E-state index in [2.05, 4.69) is 56.8 Å². The fraction of sp³-hybridized carbons (Fsp3) is 0.500. The number of piperazine rings is 1. The summed E-state index contributed by atoms with van der Waals surface area (Å²) < 4.78 is 5.44. The fourth-order valence-corrected chi connectivity index (χ4v) is 3.66. The maximum Gasteiger partial charge on any atom is 0.229 e. The summed E-state index contributed by atoms with van der Waals surface area (Å²) in [4.78, 5) is 16.2. The van der Waals surface area contributed by atoms with Gasteiger partial charge >= 0.3 is 0 Å². The average Bonchev–Trinajstić information content (AvgIpc) is 2.79. The van der Waals surface area contributed by atoms with Crippen molar-refractivity contribution in [3.8, 4) is 0 Å². The molecule has 1 unspecified atom stereocenters. The normalized spacial score (nSPS) is 17.6. The van der Waals surface area contributed by atoms with Crippen molar-refractivity contribution in [2.45, 2.75) is 45.9 Å². The second-order valence-electron chi connectivity index (χ2n) is 8.35. The van der Waals surface area contributed by atoms with Gasteiger partial charge in [0, 0.05) is 50.4 Å². The largest absolute Gasteiger partial charge is 0.375 e. The van der Waals surface area contributed by atoms with Gasteiger partial charge in [-0.2, -0.15) is 0 Å². The van der Waals surface area contributed by atoms with Crippen LogP contribution in [0.25, 0.3) is 10.9 Å². The lowest BCUT2D eigenvalue weighted by Gasteiger charge is -2.34. The van der Waals surface area contributed by atoms with Gasteiger partial charge in [-0.25, -0.2) is 15.0 Å². The van der Waals surface area contributed by atoms with Crippen molar-refractivity contribution in [1.29, 1.82) is 0 Å². The Kier molecular flexibility index (Phi) is 6.61. The number of ether oxygens (including phenoxy) is 1. The van der Waals surface area contributed by atoms with Gasteiger partial charge in [0.15, 0.2) is 17.5 Å². The first-order chi connectivity index (χ1) is 15.4. The Morgan fingerprint density at radius 2 is 2.03 bits per heavy atom. The molecule has 1 aliphatic heterocycles. The predicted molar refractivity (Wildman–Crippen MR) is 127 cm³/mol. The lowest BCUT2D eigenvalue weighted by atomic mass is 10.2. The zero-order valence-electron chi connectivity index (χ0n) is 19.3. The van der Waals surface area contributed by atoms with Crippen molar-refractivity contribution >= 4 is 34.3 Å². The van der Waals surface area contributed by atoms with Crippen LogP contribution in [0.5, 0.6) is 0 Å². The number of nitrogens with one attached hydrogen (secondary N) is 3. The van der Waals surface area contributed by atoms with Crippen LogP contribution in [0.3, 0.4) is 0 Å². The SMILES string of the molecule is COC(C)c1cc2cnc(Nc3ccc(N4CCNC[C@@H]4C)nn3)nc2c(NC(C)C)n1. The van der Waals surface area contributed by atoms with E-state index in [4.69, 9.17) is 14.7 Å². The number of anilines is 4. The highest BCUT2D eigenvalue weighted by molar-refractivity contribution is 5.89. The second kappa shape index (κ2) is 9.58. The molecule has 1 saturated heterocycles. The zero-order valence-corrected chi connectivity index (χ0v) is 19.3. The number of hydrogen-bond acceptors (Lipinski definition) is 10. The first kappa shape index (κ1) is 22.1. The summed E-state index contributed by atoms with van der Waals surface area (Å²) in [6.45, 7) is 11.1. The fourth-order valence-electron chi connectivity index (χ4n) is 3.66. The summed E-state index contributed by atoms with van der Waals surface area (Å²) in [5, 5.41) is 19.6. The molecule has 0 aliphatic carbocycles. The highest BCUT2D eigenvalue weighted by Gasteiger charge is 2.20.